The Balaban J connectivity index is 2.28. The van der Waals surface area contributed by atoms with E-state index in [-0.39, 0.29) is 11.2 Å². The molecule has 0 fully saturated rings. The van der Waals surface area contributed by atoms with Crippen LogP contribution < -0.4 is 11.2 Å². The maximum Gasteiger partial charge on any atom is 0.329 e. The Morgan fingerprint density at radius 2 is 1.90 bits per heavy atom. The van der Waals surface area contributed by atoms with Crippen LogP contribution in [0.1, 0.15) is 0 Å². The van der Waals surface area contributed by atoms with E-state index in [0.717, 1.165) is 5.56 Å². The van der Waals surface area contributed by atoms with E-state index in [2.05, 4.69) is 15.0 Å². The van der Waals surface area contributed by atoms with Gasteiger partial charge in [0.2, 0.25) is 0 Å². The highest BCUT2D eigenvalue weighted by molar-refractivity contribution is 6.30. The molecule has 0 saturated heterocycles. The molecule has 0 aliphatic rings. The summed E-state index contributed by atoms with van der Waals surface area (Å²) in [5.74, 6) is 0. The summed E-state index contributed by atoms with van der Waals surface area (Å²) in [5.41, 5.74) is 0.633. The Morgan fingerprint density at radius 3 is 2.60 bits per heavy atom. The first kappa shape index (κ1) is 12.6. The highest BCUT2D eigenvalue weighted by Crippen LogP contribution is 2.19. The molecule has 3 rings (SSSR count). The Hall–Kier alpha value is -2.47. The third-order valence-corrected chi connectivity index (χ3v) is 3.20. The van der Waals surface area contributed by atoms with E-state index in [1.54, 1.807) is 24.3 Å². The van der Waals surface area contributed by atoms with Crippen LogP contribution in [0.5, 0.6) is 0 Å². The van der Waals surface area contributed by atoms with Gasteiger partial charge in [0, 0.05) is 17.6 Å². The zero-order valence-corrected chi connectivity index (χ0v) is 11.2. The summed E-state index contributed by atoms with van der Waals surface area (Å²) >= 11 is 5.83. The molecule has 1 aromatic carbocycles. The maximum atomic E-state index is 11.8. The molecular formula is C13H9ClN4O2. The topological polar surface area (TPSA) is 80.6 Å². The Bertz CT molecular complexity index is 912. The second kappa shape index (κ2) is 4.57. The summed E-state index contributed by atoms with van der Waals surface area (Å²) in [6, 6.07) is 7.03. The van der Waals surface area contributed by atoms with Gasteiger partial charge in [-0.3, -0.25) is 14.3 Å². The average Bonchev–Trinajstić information content (AvgIpc) is 2.45. The minimum Gasteiger partial charge on any atom is -0.279 e. The molecule has 0 radical (unpaired) electrons. The molecule has 0 atom stereocenters. The highest BCUT2D eigenvalue weighted by Gasteiger charge is 2.09. The van der Waals surface area contributed by atoms with Crippen LogP contribution in [0.2, 0.25) is 5.02 Å². The second-order valence-electron chi connectivity index (χ2n) is 4.25. The van der Waals surface area contributed by atoms with Crippen LogP contribution in [-0.2, 0) is 7.05 Å². The molecule has 0 spiro atoms. The fourth-order valence-electron chi connectivity index (χ4n) is 1.88. The van der Waals surface area contributed by atoms with Crippen LogP contribution in [0, 0.1) is 0 Å². The van der Waals surface area contributed by atoms with Gasteiger partial charge < -0.3 is 0 Å². The Labute approximate surface area is 117 Å². The summed E-state index contributed by atoms with van der Waals surface area (Å²) in [5, 5.41) is 0.614. The number of fused-ring (bicyclic) bond motifs is 1. The highest BCUT2D eigenvalue weighted by atomic mass is 35.5. The molecule has 7 heteroatoms. The van der Waals surface area contributed by atoms with Gasteiger partial charge in [0.1, 0.15) is 0 Å². The number of aromatic nitrogens is 4. The lowest BCUT2D eigenvalue weighted by Gasteiger charge is -2.04. The molecule has 20 heavy (non-hydrogen) atoms. The third-order valence-electron chi connectivity index (χ3n) is 2.95. The number of aryl methyl sites for hydroxylation is 1. The number of aromatic amines is 1. The minimum absolute atomic E-state index is 0.125. The van der Waals surface area contributed by atoms with Crippen molar-refractivity contribution in [1.82, 2.24) is 19.5 Å². The van der Waals surface area contributed by atoms with Crippen molar-refractivity contribution in [3.63, 3.8) is 0 Å². The van der Waals surface area contributed by atoms with Crippen molar-refractivity contribution < 1.29 is 0 Å². The molecule has 3 aromatic rings. The van der Waals surface area contributed by atoms with Gasteiger partial charge in [-0.2, -0.15) is 0 Å². The molecule has 0 saturated carbocycles. The Morgan fingerprint density at radius 1 is 1.20 bits per heavy atom. The normalized spacial score (nSPS) is 10.9. The average molecular weight is 289 g/mol. The first-order valence-corrected chi connectivity index (χ1v) is 6.16. The smallest absolute Gasteiger partial charge is 0.279 e. The fourth-order valence-corrected chi connectivity index (χ4v) is 2.00. The summed E-state index contributed by atoms with van der Waals surface area (Å²) in [6.07, 6.45) is 1.52. The number of nitrogens with one attached hydrogen (secondary N) is 1. The van der Waals surface area contributed by atoms with Gasteiger partial charge in [0.15, 0.2) is 11.2 Å². The van der Waals surface area contributed by atoms with Crippen LogP contribution in [0.15, 0.2) is 40.1 Å². The SMILES string of the molecule is Cn1c(=O)[nH]c(=O)c2nc(-c3ccc(Cl)cc3)cnc21. The fraction of sp³-hybridized carbons (Fsp3) is 0.0769. The van der Waals surface area contributed by atoms with Crippen molar-refractivity contribution in [3.05, 3.63) is 56.3 Å². The van der Waals surface area contributed by atoms with Crippen molar-refractivity contribution in [2.75, 3.05) is 0 Å². The molecule has 0 amide bonds. The second-order valence-corrected chi connectivity index (χ2v) is 4.69. The van der Waals surface area contributed by atoms with Crippen LogP contribution in [-0.4, -0.2) is 19.5 Å². The van der Waals surface area contributed by atoms with Gasteiger partial charge in [-0.15, -0.1) is 0 Å². The molecule has 1 N–H and O–H groups in total. The minimum atomic E-state index is -0.550. The predicted molar refractivity (Wildman–Crippen MR) is 75.8 cm³/mol. The van der Waals surface area contributed by atoms with Crippen molar-refractivity contribution in [1.29, 1.82) is 0 Å². The first-order chi connectivity index (χ1) is 9.56. The lowest BCUT2D eigenvalue weighted by Crippen LogP contribution is -2.29. The van der Waals surface area contributed by atoms with E-state index in [1.807, 2.05) is 0 Å². The number of benzene rings is 1. The lowest BCUT2D eigenvalue weighted by molar-refractivity contribution is 0.824. The molecular weight excluding hydrogens is 280 g/mol. The van der Waals surface area contributed by atoms with E-state index in [1.165, 1.54) is 17.8 Å². The summed E-state index contributed by atoms with van der Waals surface area (Å²) in [7, 11) is 1.53. The van der Waals surface area contributed by atoms with Crippen molar-refractivity contribution >= 4 is 22.8 Å². The molecule has 100 valence electrons. The van der Waals surface area contributed by atoms with E-state index < -0.39 is 11.2 Å². The van der Waals surface area contributed by atoms with Gasteiger partial charge in [-0.1, -0.05) is 23.7 Å². The number of nitrogens with zero attached hydrogens (tertiary/aromatic N) is 3. The molecule has 0 aliphatic heterocycles. The van der Waals surface area contributed by atoms with Crippen LogP contribution in [0.25, 0.3) is 22.4 Å². The van der Waals surface area contributed by atoms with Crippen molar-refractivity contribution in [3.8, 4) is 11.3 Å². The number of hydrogen-bond donors (Lipinski definition) is 1. The molecule has 0 bridgehead atoms. The van der Waals surface area contributed by atoms with Crippen LogP contribution in [0.4, 0.5) is 0 Å². The number of hydrogen-bond acceptors (Lipinski definition) is 4. The molecule has 6 nitrogen and oxygen atoms in total. The summed E-state index contributed by atoms with van der Waals surface area (Å²) in [6.45, 7) is 0. The monoisotopic (exact) mass is 288 g/mol. The lowest BCUT2D eigenvalue weighted by atomic mass is 10.2. The maximum absolute atomic E-state index is 11.8. The summed E-state index contributed by atoms with van der Waals surface area (Å²) in [4.78, 5) is 33.9. The van der Waals surface area contributed by atoms with Gasteiger partial charge >= 0.3 is 5.69 Å². The molecule has 0 aliphatic carbocycles. The summed E-state index contributed by atoms with van der Waals surface area (Å²) < 4.78 is 1.25. The van der Waals surface area contributed by atoms with Crippen molar-refractivity contribution in [2.24, 2.45) is 7.05 Å². The largest absolute Gasteiger partial charge is 0.329 e. The van der Waals surface area contributed by atoms with Gasteiger partial charge in [-0.25, -0.2) is 14.8 Å². The Kier molecular flexibility index (Phi) is 2.87. The number of rotatable bonds is 1. The van der Waals surface area contributed by atoms with E-state index in [0.29, 0.717) is 10.7 Å². The zero-order valence-electron chi connectivity index (χ0n) is 10.4. The van der Waals surface area contributed by atoms with E-state index >= 15 is 0 Å². The molecule has 2 aromatic heterocycles. The first-order valence-electron chi connectivity index (χ1n) is 5.78. The quantitative estimate of drug-likeness (QED) is 0.732. The number of halogens is 1. The van der Waals surface area contributed by atoms with Gasteiger partial charge in [0.25, 0.3) is 5.56 Å². The van der Waals surface area contributed by atoms with E-state index in [9.17, 15) is 9.59 Å². The van der Waals surface area contributed by atoms with Gasteiger partial charge in [-0.05, 0) is 12.1 Å². The van der Waals surface area contributed by atoms with Crippen LogP contribution >= 0.6 is 11.6 Å². The standard InChI is InChI=1S/C13H9ClN4O2/c1-18-11-10(12(19)17-13(18)20)16-9(6-15-11)7-2-4-8(14)5-3-7/h2-6H,1H3,(H,17,19,20). The zero-order chi connectivity index (χ0) is 14.3. The predicted octanol–water partition coefficient (Wildman–Crippen LogP) is 1.34. The van der Waals surface area contributed by atoms with E-state index in [4.69, 9.17) is 11.6 Å². The van der Waals surface area contributed by atoms with Crippen molar-refractivity contribution in [2.45, 2.75) is 0 Å². The number of H-pyrrole nitrogens is 1. The van der Waals surface area contributed by atoms with Crippen LogP contribution in [0.3, 0.4) is 0 Å². The molecule has 2 heterocycles. The molecule has 0 unspecified atom stereocenters. The van der Waals surface area contributed by atoms with Gasteiger partial charge in [0.05, 0.1) is 11.9 Å². The third kappa shape index (κ3) is 2.00.